The first kappa shape index (κ1) is 25.5. The Kier molecular flexibility index (Phi) is 12.9. The van der Waals surface area contributed by atoms with Crippen molar-refractivity contribution in [2.75, 3.05) is 18.1 Å². The van der Waals surface area contributed by atoms with Crippen LogP contribution in [0.15, 0.2) is 0 Å². The van der Waals surface area contributed by atoms with Gasteiger partial charge in [0.25, 0.3) is 0 Å². The lowest BCUT2D eigenvalue weighted by atomic mass is 10.1. The van der Waals surface area contributed by atoms with Crippen LogP contribution in [-0.2, 0) is 19.2 Å². The Morgan fingerprint density at radius 3 is 2.00 bits per heavy atom. The molecule has 8 N–H and O–H groups in total. The summed E-state index contributed by atoms with van der Waals surface area (Å²) in [5, 5.41) is 16.4. The van der Waals surface area contributed by atoms with Gasteiger partial charge in [0, 0.05) is 11.5 Å². The van der Waals surface area contributed by atoms with E-state index in [1.165, 1.54) is 6.92 Å². The van der Waals surface area contributed by atoms with E-state index in [-0.39, 0.29) is 17.9 Å². The highest BCUT2D eigenvalue weighted by molar-refractivity contribution is 7.80. The maximum absolute atomic E-state index is 12.3. The molecule has 0 heterocycles. The molecule has 0 rings (SSSR count). The molecule has 4 atom stereocenters. The van der Waals surface area contributed by atoms with Gasteiger partial charge in [0.1, 0.15) is 18.1 Å². The number of nitrogens with two attached hydrogens (primary N) is 2. The third kappa shape index (κ3) is 9.84. The molecule has 12 heteroatoms. The summed E-state index contributed by atoms with van der Waals surface area (Å²) in [6, 6.07) is -3.96. The van der Waals surface area contributed by atoms with Crippen LogP contribution in [0, 0.1) is 0 Å². The van der Waals surface area contributed by atoms with Gasteiger partial charge >= 0.3 is 5.97 Å². The van der Waals surface area contributed by atoms with Gasteiger partial charge in [0.05, 0.1) is 6.04 Å². The molecule has 0 aromatic carbocycles. The highest BCUT2D eigenvalue weighted by Gasteiger charge is 2.27. The predicted molar refractivity (Wildman–Crippen MR) is 108 cm³/mol. The lowest BCUT2D eigenvalue weighted by Gasteiger charge is -2.22. The number of carboxylic acids is 1. The Labute approximate surface area is 169 Å². The normalized spacial score (nSPS) is 15.1. The van der Waals surface area contributed by atoms with E-state index in [1.807, 2.05) is 0 Å². The van der Waals surface area contributed by atoms with Gasteiger partial charge in [-0.1, -0.05) is 0 Å². The largest absolute Gasteiger partial charge is 0.480 e. The second kappa shape index (κ2) is 13.6. The number of hydrogen-bond donors (Lipinski definition) is 8. The second-order valence-corrected chi connectivity index (χ2v) is 6.68. The van der Waals surface area contributed by atoms with Gasteiger partial charge in [0.15, 0.2) is 0 Å². The standard InChI is InChI=1S/C15H29N5O5S2/c1-8(18-13(22)9(17)6-26)12(21)20-11(7-27)14(23)19-10(15(24)25)4-2-3-5-16/h8-11,26-27H,2-7,16-17H2,1H3,(H,18,22)(H,19,23)(H,20,21)(H,24,25). The number of carbonyl (C=O) groups is 4. The van der Waals surface area contributed by atoms with Crippen LogP contribution >= 0.6 is 25.3 Å². The fraction of sp³-hybridized carbons (Fsp3) is 0.733. The van der Waals surface area contributed by atoms with E-state index in [0.717, 1.165) is 0 Å². The van der Waals surface area contributed by atoms with Gasteiger partial charge in [-0.2, -0.15) is 25.3 Å². The number of carboxylic acid groups (broad SMARTS) is 1. The molecule has 0 aliphatic rings. The molecule has 0 aliphatic carbocycles. The SMILES string of the molecule is CC(NC(=O)C(N)CS)C(=O)NC(CS)C(=O)NC(CCCCN)C(=O)O. The Balaban J connectivity index is 4.74. The Morgan fingerprint density at radius 2 is 1.52 bits per heavy atom. The fourth-order valence-corrected chi connectivity index (χ4v) is 2.41. The maximum atomic E-state index is 12.3. The Hall–Kier alpha value is -1.50. The molecule has 0 saturated heterocycles. The molecule has 0 aromatic rings. The number of amides is 3. The zero-order valence-corrected chi connectivity index (χ0v) is 17.0. The molecule has 0 fully saturated rings. The van der Waals surface area contributed by atoms with Crippen LogP contribution in [0.2, 0.25) is 0 Å². The van der Waals surface area contributed by atoms with Crippen molar-refractivity contribution in [2.24, 2.45) is 11.5 Å². The van der Waals surface area contributed by atoms with Gasteiger partial charge in [-0.25, -0.2) is 4.79 Å². The summed E-state index contributed by atoms with van der Waals surface area (Å²) in [6.07, 6.45) is 1.40. The first-order valence-electron chi connectivity index (χ1n) is 8.49. The maximum Gasteiger partial charge on any atom is 0.326 e. The summed E-state index contributed by atoms with van der Waals surface area (Å²) in [7, 11) is 0. The molecule has 0 aromatic heterocycles. The van der Waals surface area contributed by atoms with Crippen LogP contribution in [0.3, 0.4) is 0 Å². The van der Waals surface area contributed by atoms with E-state index >= 15 is 0 Å². The average Bonchev–Trinajstić information content (AvgIpc) is 2.63. The molecule has 10 nitrogen and oxygen atoms in total. The molecule has 3 amide bonds. The van der Waals surface area contributed by atoms with Crippen molar-refractivity contribution in [3.63, 3.8) is 0 Å². The predicted octanol–water partition coefficient (Wildman–Crippen LogP) is -2.14. The topological polar surface area (TPSA) is 177 Å². The monoisotopic (exact) mass is 423 g/mol. The molecular formula is C15H29N5O5S2. The van der Waals surface area contributed by atoms with E-state index in [4.69, 9.17) is 11.5 Å². The first-order valence-corrected chi connectivity index (χ1v) is 9.75. The van der Waals surface area contributed by atoms with Crippen molar-refractivity contribution in [1.82, 2.24) is 16.0 Å². The summed E-state index contributed by atoms with van der Waals surface area (Å²) < 4.78 is 0. The summed E-state index contributed by atoms with van der Waals surface area (Å²) in [4.78, 5) is 47.4. The van der Waals surface area contributed by atoms with Crippen molar-refractivity contribution < 1.29 is 24.3 Å². The minimum absolute atomic E-state index is 0.0521. The quantitative estimate of drug-likeness (QED) is 0.123. The van der Waals surface area contributed by atoms with Crippen LogP contribution in [-0.4, -0.2) is 71.0 Å². The Bertz CT molecular complexity index is 523. The van der Waals surface area contributed by atoms with Gasteiger partial charge in [-0.05, 0) is 32.7 Å². The number of nitrogens with one attached hydrogen (secondary N) is 3. The Morgan fingerprint density at radius 1 is 0.926 bits per heavy atom. The van der Waals surface area contributed by atoms with Crippen LogP contribution in [0.1, 0.15) is 26.2 Å². The van der Waals surface area contributed by atoms with Crippen LogP contribution < -0.4 is 27.4 Å². The molecule has 27 heavy (non-hydrogen) atoms. The number of unbranched alkanes of at least 4 members (excludes halogenated alkanes) is 1. The number of carbonyl (C=O) groups excluding carboxylic acids is 3. The highest BCUT2D eigenvalue weighted by Crippen LogP contribution is 2.02. The van der Waals surface area contributed by atoms with Crippen LogP contribution in [0.5, 0.6) is 0 Å². The van der Waals surface area contributed by atoms with Gasteiger partial charge in [-0.3, -0.25) is 14.4 Å². The minimum atomic E-state index is -1.18. The third-order valence-corrected chi connectivity index (χ3v) is 4.42. The minimum Gasteiger partial charge on any atom is -0.480 e. The van der Waals surface area contributed by atoms with E-state index < -0.39 is 47.9 Å². The molecule has 4 unspecified atom stereocenters. The molecule has 0 aliphatic heterocycles. The second-order valence-electron chi connectivity index (χ2n) is 5.95. The van der Waals surface area contributed by atoms with Gasteiger partial charge in [0.2, 0.25) is 17.7 Å². The molecule has 0 bridgehead atoms. The summed E-state index contributed by atoms with van der Waals surface area (Å²) >= 11 is 7.92. The average molecular weight is 424 g/mol. The summed E-state index contributed by atoms with van der Waals surface area (Å²) in [5.74, 6) is -2.97. The van der Waals surface area contributed by atoms with Crippen molar-refractivity contribution in [3.05, 3.63) is 0 Å². The lowest BCUT2D eigenvalue weighted by molar-refractivity contribution is -0.142. The van der Waals surface area contributed by atoms with Crippen molar-refractivity contribution >= 4 is 48.9 Å². The fourth-order valence-electron chi connectivity index (χ4n) is 1.98. The number of hydrogen-bond acceptors (Lipinski definition) is 8. The molecular weight excluding hydrogens is 394 g/mol. The van der Waals surface area contributed by atoms with E-state index in [1.54, 1.807) is 0 Å². The van der Waals surface area contributed by atoms with Crippen molar-refractivity contribution in [3.8, 4) is 0 Å². The van der Waals surface area contributed by atoms with Crippen LogP contribution in [0.4, 0.5) is 0 Å². The summed E-state index contributed by atoms with van der Waals surface area (Å²) in [6.45, 7) is 1.86. The van der Waals surface area contributed by atoms with E-state index in [9.17, 15) is 24.3 Å². The van der Waals surface area contributed by atoms with Crippen LogP contribution in [0.25, 0.3) is 0 Å². The molecule has 156 valence electrons. The molecule has 0 radical (unpaired) electrons. The smallest absolute Gasteiger partial charge is 0.326 e. The zero-order chi connectivity index (χ0) is 21.0. The lowest BCUT2D eigenvalue weighted by Crippen LogP contribution is -2.57. The molecule has 0 saturated carbocycles. The number of aliphatic carboxylic acids is 1. The van der Waals surface area contributed by atoms with E-state index in [2.05, 4.69) is 41.2 Å². The summed E-state index contributed by atoms with van der Waals surface area (Å²) in [5.41, 5.74) is 10.9. The zero-order valence-electron chi connectivity index (χ0n) is 15.2. The van der Waals surface area contributed by atoms with Gasteiger partial charge in [-0.15, -0.1) is 0 Å². The number of thiol groups is 2. The highest BCUT2D eigenvalue weighted by atomic mass is 32.1. The van der Waals surface area contributed by atoms with Gasteiger partial charge < -0.3 is 32.5 Å². The number of rotatable bonds is 13. The van der Waals surface area contributed by atoms with Crippen molar-refractivity contribution in [1.29, 1.82) is 0 Å². The van der Waals surface area contributed by atoms with Crippen molar-refractivity contribution in [2.45, 2.75) is 50.4 Å². The van der Waals surface area contributed by atoms with E-state index in [0.29, 0.717) is 19.4 Å². The molecule has 0 spiro atoms. The first-order chi connectivity index (χ1) is 12.7. The third-order valence-electron chi connectivity index (χ3n) is 3.66.